The largest absolute Gasteiger partial charge is 0.354 e. The Kier molecular flexibility index (Phi) is 7.87. The maximum atomic E-state index is 12.4. The lowest BCUT2D eigenvalue weighted by Gasteiger charge is -2.32. The van der Waals surface area contributed by atoms with Gasteiger partial charge in [-0.2, -0.15) is 0 Å². The van der Waals surface area contributed by atoms with Crippen molar-refractivity contribution in [2.24, 2.45) is 5.92 Å². The van der Waals surface area contributed by atoms with Crippen molar-refractivity contribution < 1.29 is 9.59 Å². The van der Waals surface area contributed by atoms with Gasteiger partial charge in [0, 0.05) is 32.7 Å². The summed E-state index contributed by atoms with van der Waals surface area (Å²) >= 11 is 1.38. The fraction of sp³-hybridized carbons (Fsp3) is 0.667. The van der Waals surface area contributed by atoms with Crippen LogP contribution in [0.2, 0.25) is 0 Å². The Balaban J connectivity index is 1.71. The highest BCUT2D eigenvalue weighted by atomic mass is 32.1. The molecule has 0 bridgehead atoms. The summed E-state index contributed by atoms with van der Waals surface area (Å²) in [5.41, 5.74) is 0. The lowest BCUT2D eigenvalue weighted by Crippen LogP contribution is -2.50. The first kappa shape index (κ1) is 19.9. The van der Waals surface area contributed by atoms with E-state index in [4.69, 9.17) is 0 Å². The topological polar surface area (TPSA) is 64.7 Å². The SMILES string of the molecule is CC(C)C(NC(=O)c1cccs1)C(=O)NCCCN1CCN(C)CC1. The van der Waals surface area contributed by atoms with E-state index in [2.05, 4.69) is 27.5 Å². The van der Waals surface area contributed by atoms with Gasteiger partial charge in [0.1, 0.15) is 6.04 Å². The molecule has 1 aliphatic rings. The van der Waals surface area contributed by atoms with E-state index < -0.39 is 6.04 Å². The van der Waals surface area contributed by atoms with Gasteiger partial charge in [-0.15, -0.1) is 11.3 Å². The molecule has 2 heterocycles. The smallest absolute Gasteiger partial charge is 0.262 e. The molecule has 1 fully saturated rings. The highest BCUT2D eigenvalue weighted by Gasteiger charge is 2.24. The molecule has 7 heteroatoms. The fourth-order valence-electron chi connectivity index (χ4n) is 2.85. The Labute approximate surface area is 154 Å². The predicted molar refractivity (Wildman–Crippen MR) is 102 cm³/mol. The molecule has 1 aromatic heterocycles. The van der Waals surface area contributed by atoms with Gasteiger partial charge < -0.3 is 20.4 Å². The van der Waals surface area contributed by atoms with Gasteiger partial charge in [0.2, 0.25) is 5.91 Å². The zero-order valence-electron chi connectivity index (χ0n) is 15.5. The summed E-state index contributed by atoms with van der Waals surface area (Å²) in [5, 5.41) is 7.69. The van der Waals surface area contributed by atoms with Gasteiger partial charge in [-0.1, -0.05) is 19.9 Å². The third kappa shape index (κ3) is 6.41. The molecule has 2 amide bonds. The summed E-state index contributed by atoms with van der Waals surface area (Å²) in [4.78, 5) is 30.0. The fourth-order valence-corrected chi connectivity index (χ4v) is 3.48. The number of rotatable bonds is 8. The Morgan fingerprint density at radius 2 is 1.96 bits per heavy atom. The number of thiophene rings is 1. The van der Waals surface area contributed by atoms with Crippen LogP contribution in [-0.4, -0.2) is 74.0 Å². The Bertz CT molecular complexity index is 539. The van der Waals surface area contributed by atoms with Crippen molar-refractivity contribution in [1.29, 1.82) is 0 Å². The minimum Gasteiger partial charge on any atom is -0.354 e. The van der Waals surface area contributed by atoms with E-state index in [9.17, 15) is 9.59 Å². The normalized spacial score (nSPS) is 17.4. The van der Waals surface area contributed by atoms with Crippen LogP contribution in [0.1, 0.15) is 29.9 Å². The van der Waals surface area contributed by atoms with Crippen molar-refractivity contribution >= 4 is 23.2 Å². The maximum absolute atomic E-state index is 12.4. The molecule has 0 saturated carbocycles. The van der Waals surface area contributed by atoms with Crippen LogP contribution < -0.4 is 10.6 Å². The molecule has 1 unspecified atom stereocenters. The summed E-state index contributed by atoms with van der Waals surface area (Å²) < 4.78 is 0. The first-order chi connectivity index (χ1) is 12.0. The van der Waals surface area contributed by atoms with Gasteiger partial charge in [-0.3, -0.25) is 9.59 Å². The Morgan fingerprint density at radius 3 is 2.56 bits per heavy atom. The highest BCUT2D eigenvalue weighted by Crippen LogP contribution is 2.10. The zero-order chi connectivity index (χ0) is 18.2. The van der Waals surface area contributed by atoms with E-state index >= 15 is 0 Å². The molecule has 1 aromatic rings. The van der Waals surface area contributed by atoms with Crippen LogP contribution in [0.4, 0.5) is 0 Å². The molecule has 0 aliphatic carbocycles. The lowest BCUT2D eigenvalue weighted by atomic mass is 10.0. The molecule has 2 N–H and O–H groups in total. The molecule has 2 rings (SSSR count). The second-order valence-corrected chi connectivity index (χ2v) is 7.91. The van der Waals surface area contributed by atoms with Crippen LogP contribution in [0.15, 0.2) is 17.5 Å². The number of hydrogen-bond acceptors (Lipinski definition) is 5. The summed E-state index contributed by atoms with van der Waals surface area (Å²) in [5.74, 6) is -0.235. The van der Waals surface area contributed by atoms with Crippen molar-refractivity contribution in [1.82, 2.24) is 20.4 Å². The van der Waals surface area contributed by atoms with Crippen molar-refractivity contribution in [3.05, 3.63) is 22.4 Å². The number of amides is 2. The van der Waals surface area contributed by atoms with Crippen LogP contribution in [-0.2, 0) is 4.79 Å². The number of nitrogens with zero attached hydrogens (tertiary/aromatic N) is 2. The molecule has 0 radical (unpaired) electrons. The van der Waals surface area contributed by atoms with Gasteiger partial charge in [0.25, 0.3) is 5.91 Å². The average molecular weight is 367 g/mol. The molecule has 0 aromatic carbocycles. The van der Waals surface area contributed by atoms with Crippen molar-refractivity contribution in [2.45, 2.75) is 26.3 Å². The minimum atomic E-state index is -0.502. The van der Waals surface area contributed by atoms with E-state index in [1.54, 1.807) is 6.07 Å². The summed E-state index contributed by atoms with van der Waals surface area (Å²) in [6.07, 6.45) is 0.930. The van der Waals surface area contributed by atoms with Gasteiger partial charge in [-0.25, -0.2) is 0 Å². The van der Waals surface area contributed by atoms with Gasteiger partial charge in [0.05, 0.1) is 4.88 Å². The minimum absolute atomic E-state index is 0.0431. The Morgan fingerprint density at radius 1 is 1.24 bits per heavy atom. The van der Waals surface area contributed by atoms with Crippen LogP contribution in [0.5, 0.6) is 0 Å². The molecule has 1 saturated heterocycles. The third-order valence-corrected chi connectivity index (χ3v) is 5.40. The molecule has 25 heavy (non-hydrogen) atoms. The molecule has 140 valence electrons. The van der Waals surface area contributed by atoms with Crippen molar-refractivity contribution in [3.8, 4) is 0 Å². The van der Waals surface area contributed by atoms with Gasteiger partial charge >= 0.3 is 0 Å². The number of piperazine rings is 1. The standard InChI is InChI=1S/C18H30N4O2S/c1-14(2)16(20-17(23)15-6-4-13-25-15)18(24)19-7-5-8-22-11-9-21(3)10-12-22/h4,6,13-14,16H,5,7-12H2,1-3H3,(H,19,24)(H,20,23). The molecule has 1 atom stereocenters. The number of carbonyl (C=O) groups excluding carboxylic acids is 2. The lowest BCUT2D eigenvalue weighted by molar-refractivity contribution is -0.123. The highest BCUT2D eigenvalue weighted by molar-refractivity contribution is 7.12. The summed E-state index contributed by atoms with van der Waals surface area (Å²) in [6, 6.07) is 3.10. The first-order valence-corrected chi connectivity index (χ1v) is 9.88. The first-order valence-electron chi connectivity index (χ1n) is 9.00. The van der Waals surface area contributed by atoms with Crippen LogP contribution in [0, 0.1) is 5.92 Å². The third-order valence-electron chi connectivity index (χ3n) is 4.53. The molecule has 6 nitrogen and oxygen atoms in total. The second kappa shape index (κ2) is 9.89. The summed E-state index contributed by atoms with van der Waals surface area (Å²) in [7, 11) is 2.15. The van der Waals surface area contributed by atoms with Gasteiger partial charge in [-0.05, 0) is 37.4 Å². The van der Waals surface area contributed by atoms with Crippen LogP contribution in [0.3, 0.4) is 0 Å². The van der Waals surface area contributed by atoms with Crippen LogP contribution >= 0.6 is 11.3 Å². The van der Waals surface area contributed by atoms with E-state index in [0.29, 0.717) is 11.4 Å². The van der Waals surface area contributed by atoms with Crippen molar-refractivity contribution in [2.75, 3.05) is 46.3 Å². The van der Waals surface area contributed by atoms with E-state index in [1.165, 1.54) is 11.3 Å². The number of hydrogen-bond donors (Lipinski definition) is 2. The number of nitrogens with one attached hydrogen (secondary N) is 2. The van der Waals surface area contributed by atoms with Crippen LogP contribution in [0.25, 0.3) is 0 Å². The number of likely N-dealkylation sites (N-methyl/N-ethyl adjacent to an activating group) is 1. The maximum Gasteiger partial charge on any atom is 0.262 e. The monoisotopic (exact) mass is 366 g/mol. The van der Waals surface area contributed by atoms with E-state index in [-0.39, 0.29) is 17.7 Å². The molecule has 1 aliphatic heterocycles. The molecular formula is C18H30N4O2S. The van der Waals surface area contributed by atoms with E-state index in [1.807, 2.05) is 25.3 Å². The predicted octanol–water partition coefficient (Wildman–Crippen LogP) is 1.26. The zero-order valence-corrected chi connectivity index (χ0v) is 16.3. The van der Waals surface area contributed by atoms with Crippen molar-refractivity contribution in [3.63, 3.8) is 0 Å². The molecular weight excluding hydrogens is 336 g/mol. The summed E-state index contributed by atoms with van der Waals surface area (Å²) in [6.45, 7) is 9.94. The quantitative estimate of drug-likeness (QED) is 0.680. The van der Waals surface area contributed by atoms with Gasteiger partial charge in [0.15, 0.2) is 0 Å². The Hall–Kier alpha value is -1.44. The molecule has 0 spiro atoms. The number of carbonyl (C=O) groups is 2. The second-order valence-electron chi connectivity index (χ2n) is 6.96. The average Bonchev–Trinajstić information content (AvgIpc) is 3.12. The van der Waals surface area contributed by atoms with E-state index in [0.717, 1.165) is 39.1 Å².